The average Bonchev–Trinajstić information content (AvgIpc) is 2.60. The fourth-order valence-corrected chi connectivity index (χ4v) is 3.39. The van der Waals surface area contributed by atoms with E-state index >= 15 is 0 Å². The molecule has 1 aliphatic heterocycles. The second kappa shape index (κ2) is 5.35. The van der Waals surface area contributed by atoms with Crippen molar-refractivity contribution in [3.63, 3.8) is 0 Å². The number of amides is 1. The van der Waals surface area contributed by atoms with Crippen LogP contribution in [0.15, 0.2) is 17.0 Å². The van der Waals surface area contributed by atoms with E-state index in [2.05, 4.69) is 0 Å². The van der Waals surface area contributed by atoms with Gasteiger partial charge in [0, 0.05) is 12.1 Å². The minimum Gasteiger partial charge on any atom is -0.507 e. The molecular formula is C14H15NO2S2. The van der Waals surface area contributed by atoms with Gasteiger partial charge in [-0.3, -0.25) is 9.69 Å². The quantitative estimate of drug-likeness (QED) is 0.671. The molecule has 3 nitrogen and oxygen atoms in total. The Hall–Kier alpha value is -1.33. The third-order valence-corrected chi connectivity index (χ3v) is 4.33. The molecule has 0 radical (unpaired) electrons. The maximum Gasteiger partial charge on any atom is 0.266 e. The van der Waals surface area contributed by atoms with Crippen LogP contribution >= 0.6 is 24.0 Å². The van der Waals surface area contributed by atoms with Crippen LogP contribution in [0.5, 0.6) is 5.75 Å². The van der Waals surface area contributed by atoms with Gasteiger partial charge in [-0.2, -0.15) is 0 Å². The Morgan fingerprint density at radius 3 is 2.68 bits per heavy atom. The number of nitrogens with zero attached hydrogens (tertiary/aromatic N) is 1. The Kier molecular flexibility index (Phi) is 3.96. The summed E-state index contributed by atoms with van der Waals surface area (Å²) in [6, 6.07) is 3.77. The minimum atomic E-state index is -0.0870. The summed E-state index contributed by atoms with van der Waals surface area (Å²) >= 11 is 6.44. The molecule has 19 heavy (non-hydrogen) atoms. The van der Waals surface area contributed by atoms with E-state index in [0.29, 0.717) is 21.3 Å². The Labute approximate surface area is 122 Å². The smallest absolute Gasteiger partial charge is 0.266 e. The van der Waals surface area contributed by atoms with Gasteiger partial charge in [-0.15, -0.1) is 0 Å². The first-order valence-electron chi connectivity index (χ1n) is 5.99. The summed E-state index contributed by atoms with van der Waals surface area (Å²) in [4.78, 5) is 14.2. The van der Waals surface area contributed by atoms with Crippen molar-refractivity contribution in [2.75, 3.05) is 6.54 Å². The van der Waals surface area contributed by atoms with E-state index in [-0.39, 0.29) is 11.7 Å². The van der Waals surface area contributed by atoms with Crippen LogP contribution in [0.4, 0.5) is 0 Å². The second-order valence-electron chi connectivity index (χ2n) is 4.45. The number of likely N-dealkylation sites (N-methyl/N-ethyl adjacent to an activating group) is 1. The number of hydrogen-bond acceptors (Lipinski definition) is 4. The molecule has 0 saturated carbocycles. The fourth-order valence-electron chi connectivity index (χ4n) is 2.02. The van der Waals surface area contributed by atoms with Crippen LogP contribution in [0.3, 0.4) is 0 Å². The van der Waals surface area contributed by atoms with Gasteiger partial charge < -0.3 is 5.11 Å². The van der Waals surface area contributed by atoms with E-state index in [9.17, 15) is 9.90 Å². The van der Waals surface area contributed by atoms with E-state index in [0.717, 1.165) is 11.1 Å². The van der Waals surface area contributed by atoms with Gasteiger partial charge in [0.1, 0.15) is 10.1 Å². The lowest BCUT2D eigenvalue weighted by atomic mass is 10.1. The standard InChI is InChI=1S/C14H15NO2S2/c1-4-15-13(17)11(19-14(15)18)7-10-6-8(2)5-9(3)12(10)16/h5-7,16H,4H2,1-3H3/b11-7+. The highest BCUT2D eigenvalue weighted by molar-refractivity contribution is 8.26. The summed E-state index contributed by atoms with van der Waals surface area (Å²) in [6.07, 6.45) is 1.71. The number of carbonyl (C=O) groups excluding carboxylic acids is 1. The van der Waals surface area contributed by atoms with E-state index in [1.54, 1.807) is 11.0 Å². The molecule has 100 valence electrons. The minimum absolute atomic E-state index is 0.0870. The topological polar surface area (TPSA) is 40.5 Å². The van der Waals surface area contributed by atoms with Crippen molar-refractivity contribution < 1.29 is 9.90 Å². The summed E-state index contributed by atoms with van der Waals surface area (Å²) in [7, 11) is 0. The number of aromatic hydroxyl groups is 1. The number of rotatable bonds is 2. The average molecular weight is 293 g/mol. The Morgan fingerprint density at radius 2 is 2.11 bits per heavy atom. The number of thioether (sulfide) groups is 1. The molecule has 1 saturated heterocycles. The van der Waals surface area contributed by atoms with Crippen LogP contribution in [0.1, 0.15) is 23.6 Å². The molecule has 2 rings (SSSR count). The molecule has 1 aromatic rings. The van der Waals surface area contributed by atoms with Gasteiger partial charge in [-0.25, -0.2) is 0 Å². The Balaban J connectivity index is 2.43. The number of carbonyl (C=O) groups is 1. The van der Waals surface area contributed by atoms with Crippen molar-refractivity contribution in [1.82, 2.24) is 4.90 Å². The number of hydrogen-bond donors (Lipinski definition) is 1. The van der Waals surface area contributed by atoms with Crippen molar-refractivity contribution in [3.05, 3.63) is 33.7 Å². The number of benzene rings is 1. The lowest BCUT2D eigenvalue weighted by Crippen LogP contribution is -2.27. The molecule has 5 heteroatoms. The van der Waals surface area contributed by atoms with Crippen molar-refractivity contribution in [2.24, 2.45) is 0 Å². The molecule has 1 heterocycles. The van der Waals surface area contributed by atoms with Gasteiger partial charge in [-0.05, 0) is 38.5 Å². The summed E-state index contributed by atoms with van der Waals surface area (Å²) in [5, 5.41) is 10.0. The van der Waals surface area contributed by atoms with Crippen LogP contribution in [0.2, 0.25) is 0 Å². The first kappa shape index (κ1) is 14.1. The van der Waals surface area contributed by atoms with Crippen LogP contribution < -0.4 is 0 Å². The molecule has 1 aromatic carbocycles. The summed E-state index contributed by atoms with van der Waals surface area (Å²) in [5.41, 5.74) is 2.51. The SMILES string of the molecule is CCN1C(=O)/C(=C\c2cc(C)cc(C)c2O)SC1=S. The van der Waals surface area contributed by atoms with Crippen molar-refractivity contribution in [2.45, 2.75) is 20.8 Å². The number of thiocarbonyl (C=S) groups is 1. The van der Waals surface area contributed by atoms with E-state index < -0.39 is 0 Å². The molecule has 1 N–H and O–H groups in total. The highest BCUT2D eigenvalue weighted by Gasteiger charge is 2.30. The molecule has 0 aromatic heterocycles. The zero-order valence-corrected chi connectivity index (χ0v) is 12.7. The molecule has 1 amide bonds. The summed E-state index contributed by atoms with van der Waals surface area (Å²) in [5.74, 6) is 0.128. The normalized spacial score (nSPS) is 17.6. The maximum absolute atomic E-state index is 12.1. The first-order valence-corrected chi connectivity index (χ1v) is 7.22. The van der Waals surface area contributed by atoms with E-state index in [1.807, 2.05) is 32.9 Å². The van der Waals surface area contributed by atoms with Gasteiger partial charge in [-0.1, -0.05) is 35.6 Å². The first-order chi connectivity index (χ1) is 8.93. The lowest BCUT2D eigenvalue weighted by molar-refractivity contribution is -0.121. The van der Waals surface area contributed by atoms with Gasteiger partial charge in [0.15, 0.2) is 0 Å². The monoisotopic (exact) mass is 293 g/mol. The predicted molar refractivity (Wildman–Crippen MR) is 83.1 cm³/mol. The zero-order chi connectivity index (χ0) is 14.2. The van der Waals surface area contributed by atoms with Crippen LogP contribution in [0, 0.1) is 13.8 Å². The number of phenols is 1. The lowest BCUT2D eigenvalue weighted by Gasteiger charge is -2.09. The maximum atomic E-state index is 12.1. The molecule has 1 aliphatic rings. The molecule has 0 bridgehead atoms. The van der Waals surface area contributed by atoms with Gasteiger partial charge >= 0.3 is 0 Å². The largest absolute Gasteiger partial charge is 0.507 e. The fraction of sp³-hybridized carbons (Fsp3) is 0.286. The molecular weight excluding hydrogens is 278 g/mol. The Morgan fingerprint density at radius 1 is 1.42 bits per heavy atom. The van der Waals surface area contributed by atoms with Gasteiger partial charge in [0.25, 0.3) is 5.91 Å². The highest BCUT2D eigenvalue weighted by Crippen LogP contribution is 2.34. The third kappa shape index (κ3) is 2.67. The van der Waals surface area contributed by atoms with Crippen molar-refractivity contribution >= 4 is 40.3 Å². The van der Waals surface area contributed by atoms with Crippen LogP contribution in [-0.4, -0.2) is 26.8 Å². The van der Waals surface area contributed by atoms with Crippen molar-refractivity contribution in [1.29, 1.82) is 0 Å². The third-order valence-electron chi connectivity index (χ3n) is 2.95. The van der Waals surface area contributed by atoms with Gasteiger partial charge in [0.05, 0.1) is 4.91 Å². The van der Waals surface area contributed by atoms with Crippen LogP contribution in [-0.2, 0) is 4.79 Å². The van der Waals surface area contributed by atoms with Crippen molar-refractivity contribution in [3.8, 4) is 5.75 Å². The van der Waals surface area contributed by atoms with Gasteiger partial charge in [0.2, 0.25) is 0 Å². The second-order valence-corrected chi connectivity index (χ2v) is 6.12. The number of aryl methyl sites for hydroxylation is 2. The molecule has 1 fully saturated rings. The summed E-state index contributed by atoms with van der Waals surface area (Å²) < 4.78 is 0.572. The summed E-state index contributed by atoms with van der Waals surface area (Å²) in [6.45, 7) is 6.26. The van der Waals surface area contributed by atoms with E-state index in [1.165, 1.54) is 11.8 Å². The zero-order valence-electron chi connectivity index (χ0n) is 11.1. The predicted octanol–water partition coefficient (Wildman–Crippen LogP) is 3.23. The molecule has 0 atom stereocenters. The highest BCUT2D eigenvalue weighted by atomic mass is 32.2. The molecule has 0 spiro atoms. The Bertz CT molecular complexity index is 593. The van der Waals surface area contributed by atoms with E-state index in [4.69, 9.17) is 12.2 Å². The van der Waals surface area contributed by atoms with Crippen LogP contribution in [0.25, 0.3) is 6.08 Å². The molecule has 0 unspecified atom stereocenters. The number of phenolic OH excluding ortho intramolecular Hbond substituents is 1. The molecule has 0 aliphatic carbocycles.